The molecule has 0 bridgehead atoms. The molecule has 2 unspecified atom stereocenters. The summed E-state index contributed by atoms with van der Waals surface area (Å²) in [6, 6.07) is 9.91. The summed E-state index contributed by atoms with van der Waals surface area (Å²) in [7, 11) is 1.64. The Balaban J connectivity index is 2.52. The molecule has 0 saturated carbocycles. The zero-order valence-electron chi connectivity index (χ0n) is 11.5. The van der Waals surface area contributed by atoms with Crippen molar-refractivity contribution in [1.29, 1.82) is 0 Å². The molecule has 0 amide bonds. The van der Waals surface area contributed by atoms with E-state index in [9.17, 15) is 5.11 Å². The minimum Gasteiger partial charge on any atom is -0.396 e. The van der Waals surface area contributed by atoms with Gasteiger partial charge < -0.3 is 20.9 Å². The second kappa shape index (κ2) is 8.50. The molecule has 0 saturated heterocycles. The molecule has 2 atom stereocenters. The van der Waals surface area contributed by atoms with Gasteiger partial charge in [0.2, 0.25) is 0 Å². The Hall–Kier alpha value is -1.59. The first-order valence-electron chi connectivity index (χ1n) is 6.38. The van der Waals surface area contributed by atoms with Gasteiger partial charge in [0.25, 0.3) is 0 Å². The van der Waals surface area contributed by atoms with Crippen molar-refractivity contribution in [3.8, 4) is 0 Å². The van der Waals surface area contributed by atoms with Crippen molar-refractivity contribution >= 4 is 5.96 Å². The highest BCUT2D eigenvalue weighted by Crippen LogP contribution is 2.14. The van der Waals surface area contributed by atoms with E-state index in [2.05, 4.69) is 10.3 Å². The van der Waals surface area contributed by atoms with Gasteiger partial charge >= 0.3 is 0 Å². The average Bonchev–Trinajstić information content (AvgIpc) is 2.41. The number of methoxy groups -OCH3 is 1. The van der Waals surface area contributed by atoms with Crippen molar-refractivity contribution in [2.24, 2.45) is 10.7 Å². The number of guanidine groups is 1. The van der Waals surface area contributed by atoms with Gasteiger partial charge in [0, 0.05) is 19.1 Å². The third-order valence-corrected chi connectivity index (χ3v) is 2.78. The first kappa shape index (κ1) is 15.5. The fraction of sp³-hybridized carbons (Fsp3) is 0.500. The van der Waals surface area contributed by atoms with Crippen LogP contribution in [0, 0.1) is 0 Å². The second-order valence-corrected chi connectivity index (χ2v) is 4.52. The highest BCUT2D eigenvalue weighted by atomic mass is 16.5. The zero-order chi connectivity index (χ0) is 14.1. The van der Waals surface area contributed by atoms with Crippen LogP contribution in [0.25, 0.3) is 0 Å². The van der Waals surface area contributed by atoms with E-state index in [0.29, 0.717) is 19.1 Å². The Kier molecular flexibility index (Phi) is 6.92. The van der Waals surface area contributed by atoms with Gasteiger partial charge in [-0.15, -0.1) is 0 Å². The molecule has 5 nitrogen and oxygen atoms in total. The summed E-state index contributed by atoms with van der Waals surface area (Å²) in [5.74, 6) is 0.346. The molecule has 0 fully saturated rings. The standard InChI is InChI=1S/C14H23N3O2/c1-11(10-19-2)17-14(15)16-8-13(9-18)12-6-4-3-5-7-12/h3-7,11,13,18H,8-10H2,1-2H3,(H3,15,16,17). The highest BCUT2D eigenvalue weighted by molar-refractivity contribution is 5.78. The Morgan fingerprint density at radius 3 is 2.68 bits per heavy atom. The van der Waals surface area contributed by atoms with Crippen LogP contribution in [0.15, 0.2) is 35.3 Å². The molecule has 0 aromatic heterocycles. The molecule has 0 aliphatic rings. The number of hydrogen-bond donors (Lipinski definition) is 3. The molecule has 1 aromatic rings. The molecule has 1 rings (SSSR count). The lowest BCUT2D eigenvalue weighted by molar-refractivity contribution is 0.179. The van der Waals surface area contributed by atoms with E-state index >= 15 is 0 Å². The summed E-state index contributed by atoms with van der Waals surface area (Å²) in [5.41, 5.74) is 6.85. The Bertz CT molecular complexity index is 382. The lowest BCUT2D eigenvalue weighted by Gasteiger charge is -2.15. The van der Waals surface area contributed by atoms with Gasteiger partial charge in [-0.3, -0.25) is 4.99 Å². The van der Waals surface area contributed by atoms with Gasteiger partial charge in [-0.1, -0.05) is 30.3 Å². The number of ether oxygens (including phenoxy) is 1. The topological polar surface area (TPSA) is 79.9 Å². The number of aliphatic imine (C=N–C) groups is 1. The predicted octanol–water partition coefficient (Wildman–Crippen LogP) is 0.702. The third-order valence-electron chi connectivity index (χ3n) is 2.78. The van der Waals surface area contributed by atoms with Crippen molar-refractivity contribution in [3.63, 3.8) is 0 Å². The molecule has 0 heterocycles. The van der Waals surface area contributed by atoms with Crippen molar-refractivity contribution < 1.29 is 9.84 Å². The number of benzene rings is 1. The number of hydrogen-bond acceptors (Lipinski definition) is 3. The van der Waals surface area contributed by atoms with E-state index in [-0.39, 0.29) is 18.6 Å². The van der Waals surface area contributed by atoms with Crippen LogP contribution < -0.4 is 11.1 Å². The van der Waals surface area contributed by atoms with Crippen LogP contribution in [-0.2, 0) is 4.74 Å². The Labute approximate surface area is 114 Å². The van der Waals surface area contributed by atoms with Gasteiger partial charge in [-0.25, -0.2) is 0 Å². The van der Waals surface area contributed by atoms with E-state index in [1.54, 1.807) is 7.11 Å². The van der Waals surface area contributed by atoms with E-state index in [0.717, 1.165) is 5.56 Å². The van der Waals surface area contributed by atoms with Crippen molar-refractivity contribution in [2.75, 3.05) is 26.9 Å². The molecule has 0 radical (unpaired) electrons. The lowest BCUT2D eigenvalue weighted by atomic mass is 10.0. The molecular weight excluding hydrogens is 242 g/mol. The first-order valence-corrected chi connectivity index (χ1v) is 6.38. The Morgan fingerprint density at radius 2 is 2.11 bits per heavy atom. The summed E-state index contributed by atoms with van der Waals surface area (Å²) >= 11 is 0. The minimum absolute atomic E-state index is 0.0284. The lowest BCUT2D eigenvalue weighted by Crippen LogP contribution is -2.41. The number of aliphatic hydroxyl groups is 1. The SMILES string of the molecule is COCC(C)NC(N)=NCC(CO)c1ccccc1. The molecule has 4 N–H and O–H groups in total. The summed E-state index contributed by atoms with van der Waals surface area (Å²) in [6.45, 7) is 3.04. The molecule has 0 aliphatic heterocycles. The van der Waals surface area contributed by atoms with Crippen LogP contribution in [0.4, 0.5) is 0 Å². The molecule has 0 spiro atoms. The molecule has 1 aromatic carbocycles. The van der Waals surface area contributed by atoms with Crippen LogP contribution >= 0.6 is 0 Å². The van der Waals surface area contributed by atoms with E-state index in [4.69, 9.17) is 10.5 Å². The minimum atomic E-state index is -0.0284. The molecular formula is C14H23N3O2. The highest BCUT2D eigenvalue weighted by Gasteiger charge is 2.09. The van der Waals surface area contributed by atoms with Crippen molar-refractivity contribution in [3.05, 3.63) is 35.9 Å². The first-order chi connectivity index (χ1) is 9.17. The van der Waals surface area contributed by atoms with Gasteiger partial charge in [-0.2, -0.15) is 0 Å². The second-order valence-electron chi connectivity index (χ2n) is 4.52. The van der Waals surface area contributed by atoms with Gasteiger partial charge in [0.05, 0.1) is 19.8 Å². The number of aliphatic hydroxyl groups excluding tert-OH is 1. The van der Waals surface area contributed by atoms with E-state index in [1.807, 2.05) is 37.3 Å². The van der Waals surface area contributed by atoms with Crippen molar-refractivity contribution in [1.82, 2.24) is 5.32 Å². The average molecular weight is 265 g/mol. The molecule has 19 heavy (non-hydrogen) atoms. The number of nitrogens with zero attached hydrogens (tertiary/aromatic N) is 1. The van der Waals surface area contributed by atoms with E-state index in [1.165, 1.54) is 0 Å². The zero-order valence-corrected chi connectivity index (χ0v) is 11.5. The van der Waals surface area contributed by atoms with E-state index < -0.39 is 0 Å². The summed E-state index contributed by atoms with van der Waals surface area (Å²) in [4.78, 5) is 4.26. The fourth-order valence-electron chi connectivity index (χ4n) is 1.79. The summed E-state index contributed by atoms with van der Waals surface area (Å²) in [6.07, 6.45) is 0. The van der Waals surface area contributed by atoms with Crippen LogP contribution in [0.1, 0.15) is 18.4 Å². The van der Waals surface area contributed by atoms with Crippen LogP contribution in [0.3, 0.4) is 0 Å². The summed E-state index contributed by atoms with van der Waals surface area (Å²) < 4.78 is 5.01. The maximum absolute atomic E-state index is 9.41. The number of nitrogens with two attached hydrogens (primary N) is 1. The van der Waals surface area contributed by atoms with Crippen LogP contribution in [0.5, 0.6) is 0 Å². The van der Waals surface area contributed by atoms with Crippen molar-refractivity contribution in [2.45, 2.75) is 18.9 Å². The summed E-state index contributed by atoms with van der Waals surface area (Å²) in [5, 5.41) is 12.4. The smallest absolute Gasteiger partial charge is 0.188 e. The number of rotatable bonds is 7. The third kappa shape index (κ3) is 5.72. The molecule has 5 heteroatoms. The maximum atomic E-state index is 9.41. The van der Waals surface area contributed by atoms with Gasteiger partial charge in [-0.05, 0) is 12.5 Å². The Morgan fingerprint density at radius 1 is 1.42 bits per heavy atom. The fourth-order valence-corrected chi connectivity index (χ4v) is 1.79. The quantitative estimate of drug-likeness (QED) is 0.501. The normalized spacial score (nSPS) is 15.0. The maximum Gasteiger partial charge on any atom is 0.188 e. The molecule has 106 valence electrons. The monoisotopic (exact) mass is 265 g/mol. The van der Waals surface area contributed by atoms with Gasteiger partial charge in [0.1, 0.15) is 0 Å². The largest absolute Gasteiger partial charge is 0.396 e. The van der Waals surface area contributed by atoms with Crippen LogP contribution in [-0.4, -0.2) is 44.0 Å². The molecule has 0 aliphatic carbocycles. The number of nitrogens with one attached hydrogen (secondary N) is 1. The van der Waals surface area contributed by atoms with Gasteiger partial charge in [0.15, 0.2) is 5.96 Å². The predicted molar refractivity (Wildman–Crippen MR) is 77.2 cm³/mol. The van der Waals surface area contributed by atoms with Crippen LogP contribution in [0.2, 0.25) is 0 Å².